The fourth-order valence-electron chi connectivity index (χ4n) is 0.896. The second-order valence-electron chi connectivity index (χ2n) is 2.31. The van der Waals surface area contributed by atoms with E-state index in [2.05, 4.69) is 9.98 Å². The highest BCUT2D eigenvalue weighted by Crippen LogP contribution is 2.12. The van der Waals surface area contributed by atoms with Crippen LogP contribution in [0.5, 0.6) is 0 Å². The molecule has 0 saturated heterocycles. The fourth-order valence-corrected chi connectivity index (χ4v) is 0.896. The molecule has 0 aromatic carbocycles. The molecular formula is C9H10FN3. The summed E-state index contributed by atoms with van der Waals surface area (Å²) >= 11 is 0. The van der Waals surface area contributed by atoms with Crippen LogP contribution in [0.3, 0.4) is 0 Å². The van der Waals surface area contributed by atoms with Gasteiger partial charge in [-0.25, -0.2) is 9.38 Å². The molecule has 1 rings (SSSR count). The SMILES string of the molecule is C/C=C(\N=CN)c1ccc(F)cn1. The lowest BCUT2D eigenvalue weighted by atomic mass is 10.2. The van der Waals surface area contributed by atoms with Crippen LogP contribution in [0.4, 0.5) is 4.39 Å². The van der Waals surface area contributed by atoms with Crippen molar-refractivity contribution in [1.82, 2.24) is 4.98 Å². The molecule has 0 unspecified atom stereocenters. The van der Waals surface area contributed by atoms with E-state index in [1.165, 1.54) is 12.4 Å². The van der Waals surface area contributed by atoms with E-state index in [1.807, 2.05) is 6.92 Å². The average Bonchev–Trinajstić information content (AvgIpc) is 2.16. The second-order valence-corrected chi connectivity index (χ2v) is 2.31. The van der Waals surface area contributed by atoms with Crippen molar-refractivity contribution in [3.05, 3.63) is 35.9 Å². The number of aromatic nitrogens is 1. The molecule has 0 aliphatic rings. The molecule has 3 nitrogen and oxygen atoms in total. The molecule has 0 spiro atoms. The largest absolute Gasteiger partial charge is 0.390 e. The number of nitrogens with two attached hydrogens (primary N) is 1. The Hall–Kier alpha value is -1.71. The molecule has 0 aliphatic heterocycles. The van der Waals surface area contributed by atoms with Gasteiger partial charge in [-0.2, -0.15) is 0 Å². The lowest BCUT2D eigenvalue weighted by molar-refractivity contribution is 0.621. The van der Waals surface area contributed by atoms with Crippen molar-refractivity contribution in [2.24, 2.45) is 10.7 Å². The van der Waals surface area contributed by atoms with Crippen molar-refractivity contribution < 1.29 is 4.39 Å². The van der Waals surface area contributed by atoms with Gasteiger partial charge >= 0.3 is 0 Å². The van der Waals surface area contributed by atoms with Gasteiger partial charge in [0.1, 0.15) is 5.82 Å². The first-order chi connectivity index (χ1) is 6.27. The monoisotopic (exact) mass is 179 g/mol. The highest BCUT2D eigenvalue weighted by atomic mass is 19.1. The van der Waals surface area contributed by atoms with E-state index in [1.54, 1.807) is 12.1 Å². The highest BCUT2D eigenvalue weighted by molar-refractivity contribution is 5.70. The van der Waals surface area contributed by atoms with Crippen LogP contribution in [0, 0.1) is 5.82 Å². The molecule has 0 fully saturated rings. The first-order valence-electron chi connectivity index (χ1n) is 3.80. The van der Waals surface area contributed by atoms with Gasteiger partial charge in [-0.3, -0.25) is 4.98 Å². The molecule has 0 amide bonds. The number of hydrogen-bond donors (Lipinski definition) is 1. The maximum Gasteiger partial charge on any atom is 0.141 e. The fraction of sp³-hybridized carbons (Fsp3) is 0.111. The summed E-state index contributed by atoms with van der Waals surface area (Å²) < 4.78 is 12.5. The zero-order valence-corrected chi connectivity index (χ0v) is 7.24. The molecule has 4 heteroatoms. The molecule has 0 radical (unpaired) electrons. The summed E-state index contributed by atoms with van der Waals surface area (Å²) in [7, 11) is 0. The van der Waals surface area contributed by atoms with Gasteiger partial charge in [0, 0.05) is 0 Å². The lowest BCUT2D eigenvalue weighted by Crippen LogP contribution is -1.92. The van der Waals surface area contributed by atoms with Crippen LogP contribution in [0.1, 0.15) is 12.6 Å². The summed E-state index contributed by atoms with van der Waals surface area (Å²) in [5, 5.41) is 0. The molecule has 1 aromatic rings. The number of aliphatic imine (C=N–C) groups is 1. The van der Waals surface area contributed by atoms with Crippen molar-refractivity contribution >= 4 is 12.0 Å². The third kappa shape index (κ3) is 2.37. The van der Waals surface area contributed by atoms with Gasteiger partial charge in [-0.05, 0) is 19.1 Å². The van der Waals surface area contributed by atoms with Gasteiger partial charge in [0.2, 0.25) is 0 Å². The Labute approximate surface area is 75.8 Å². The molecule has 1 heterocycles. The van der Waals surface area contributed by atoms with Crippen molar-refractivity contribution in [3.63, 3.8) is 0 Å². The number of halogens is 1. The minimum absolute atomic E-state index is 0.365. The molecule has 68 valence electrons. The Balaban J connectivity index is 3.00. The zero-order chi connectivity index (χ0) is 9.68. The van der Waals surface area contributed by atoms with E-state index in [4.69, 9.17) is 5.73 Å². The van der Waals surface area contributed by atoms with E-state index >= 15 is 0 Å². The molecular weight excluding hydrogens is 169 g/mol. The summed E-state index contributed by atoms with van der Waals surface area (Å²) in [5.41, 5.74) is 6.37. The first kappa shape index (κ1) is 9.38. The number of rotatable bonds is 2. The summed E-state index contributed by atoms with van der Waals surface area (Å²) in [6.07, 6.45) is 4.08. The van der Waals surface area contributed by atoms with Crippen LogP contribution in [0.25, 0.3) is 5.70 Å². The van der Waals surface area contributed by atoms with Crippen LogP contribution in [-0.4, -0.2) is 11.3 Å². The summed E-state index contributed by atoms with van der Waals surface area (Å²) in [6.45, 7) is 1.81. The van der Waals surface area contributed by atoms with Crippen LogP contribution < -0.4 is 5.73 Å². The molecule has 0 atom stereocenters. The topological polar surface area (TPSA) is 51.3 Å². The Morgan fingerprint density at radius 2 is 2.38 bits per heavy atom. The predicted octanol–water partition coefficient (Wildman–Crippen LogP) is 1.57. The minimum Gasteiger partial charge on any atom is -0.390 e. The normalized spacial score (nSPS) is 12.3. The smallest absolute Gasteiger partial charge is 0.141 e. The molecule has 0 bridgehead atoms. The van der Waals surface area contributed by atoms with Gasteiger partial charge in [0.15, 0.2) is 0 Å². The summed E-state index contributed by atoms with van der Waals surface area (Å²) in [6, 6.07) is 2.88. The van der Waals surface area contributed by atoms with Gasteiger partial charge < -0.3 is 5.73 Å². The second kappa shape index (κ2) is 4.35. The van der Waals surface area contributed by atoms with E-state index in [-0.39, 0.29) is 5.82 Å². The van der Waals surface area contributed by atoms with Gasteiger partial charge in [0.25, 0.3) is 0 Å². The van der Waals surface area contributed by atoms with E-state index in [0.717, 1.165) is 6.20 Å². The quantitative estimate of drug-likeness (QED) is 0.553. The van der Waals surface area contributed by atoms with E-state index in [0.29, 0.717) is 11.4 Å². The highest BCUT2D eigenvalue weighted by Gasteiger charge is 1.99. The number of nitrogens with zero attached hydrogens (tertiary/aromatic N) is 2. The van der Waals surface area contributed by atoms with Gasteiger partial charge in [-0.1, -0.05) is 6.08 Å². The molecule has 2 N–H and O–H groups in total. The summed E-state index contributed by atoms with van der Waals surface area (Å²) in [5.74, 6) is -0.365. The predicted molar refractivity (Wildman–Crippen MR) is 50.5 cm³/mol. The Morgan fingerprint density at radius 3 is 2.85 bits per heavy atom. The molecule has 1 aromatic heterocycles. The third-order valence-electron chi connectivity index (χ3n) is 1.48. The van der Waals surface area contributed by atoms with E-state index < -0.39 is 0 Å². The Morgan fingerprint density at radius 1 is 1.62 bits per heavy atom. The number of allylic oxidation sites excluding steroid dienone is 1. The van der Waals surface area contributed by atoms with Gasteiger partial charge in [0.05, 0.1) is 23.9 Å². The molecule has 0 saturated carbocycles. The lowest BCUT2D eigenvalue weighted by Gasteiger charge is -1.98. The standard InChI is InChI=1S/C9H10FN3/c1-2-8(13-6-11)9-4-3-7(10)5-12-9/h2-6H,1H3,(H2,11,13)/b8-2-. The molecule has 0 aliphatic carbocycles. The summed E-state index contributed by atoms with van der Waals surface area (Å²) in [4.78, 5) is 7.73. The maximum absolute atomic E-state index is 12.5. The van der Waals surface area contributed by atoms with Crippen molar-refractivity contribution in [2.45, 2.75) is 6.92 Å². The Bertz CT molecular complexity index is 327. The Kier molecular flexibility index (Phi) is 3.14. The zero-order valence-electron chi connectivity index (χ0n) is 7.24. The van der Waals surface area contributed by atoms with Crippen molar-refractivity contribution in [3.8, 4) is 0 Å². The third-order valence-corrected chi connectivity index (χ3v) is 1.48. The number of hydrogen-bond acceptors (Lipinski definition) is 2. The van der Waals surface area contributed by atoms with Crippen molar-refractivity contribution in [2.75, 3.05) is 0 Å². The van der Waals surface area contributed by atoms with Crippen LogP contribution >= 0.6 is 0 Å². The maximum atomic E-state index is 12.5. The van der Waals surface area contributed by atoms with Crippen LogP contribution in [0.15, 0.2) is 29.4 Å². The average molecular weight is 179 g/mol. The van der Waals surface area contributed by atoms with Crippen LogP contribution in [-0.2, 0) is 0 Å². The van der Waals surface area contributed by atoms with Crippen molar-refractivity contribution in [1.29, 1.82) is 0 Å². The number of pyridine rings is 1. The van der Waals surface area contributed by atoms with Crippen LogP contribution in [0.2, 0.25) is 0 Å². The first-order valence-corrected chi connectivity index (χ1v) is 3.80. The molecule has 13 heavy (non-hydrogen) atoms. The van der Waals surface area contributed by atoms with E-state index in [9.17, 15) is 4.39 Å². The minimum atomic E-state index is -0.365. The van der Waals surface area contributed by atoms with Gasteiger partial charge in [-0.15, -0.1) is 0 Å².